The lowest BCUT2D eigenvalue weighted by atomic mass is 10.3. The van der Waals surface area contributed by atoms with Crippen LogP contribution >= 0.6 is 15.9 Å². The van der Waals surface area contributed by atoms with Gasteiger partial charge in [-0.05, 0) is 40.2 Å². The van der Waals surface area contributed by atoms with Gasteiger partial charge in [0, 0.05) is 12.3 Å². The number of hydrogen-bond donors (Lipinski definition) is 1. The smallest absolute Gasteiger partial charge is 0.233 e. The summed E-state index contributed by atoms with van der Waals surface area (Å²) in [4.78, 5) is 4.10. The molecule has 0 atom stereocenters. The first-order valence-corrected chi connectivity index (χ1v) is 5.72. The third-order valence-corrected chi connectivity index (χ3v) is 2.74. The monoisotopic (exact) mass is 294 g/mol. The van der Waals surface area contributed by atoms with Crippen LogP contribution in [-0.2, 0) is 0 Å². The fourth-order valence-corrected chi connectivity index (χ4v) is 1.67. The molecule has 0 aliphatic heterocycles. The minimum atomic E-state index is 0.497. The zero-order chi connectivity index (χ0) is 12.3. The van der Waals surface area contributed by atoms with E-state index in [1.807, 2.05) is 12.1 Å². The molecule has 0 saturated heterocycles. The number of pyridine rings is 1. The summed E-state index contributed by atoms with van der Waals surface area (Å²) in [5.41, 5.74) is 6.31. The van der Waals surface area contributed by atoms with E-state index in [0.29, 0.717) is 23.1 Å². The van der Waals surface area contributed by atoms with Crippen molar-refractivity contribution in [1.29, 1.82) is 0 Å². The predicted molar refractivity (Wildman–Crippen MR) is 69.4 cm³/mol. The number of rotatable bonds is 3. The molecule has 0 aliphatic carbocycles. The van der Waals surface area contributed by atoms with Crippen molar-refractivity contribution < 1.29 is 9.47 Å². The van der Waals surface area contributed by atoms with E-state index < -0.39 is 0 Å². The number of aromatic nitrogens is 1. The first kappa shape index (κ1) is 11.7. The summed E-state index contributed by atoms with van der Waals surface area (Å²) >= 11 is 3.36. The Labute approximate surface area is 108 Å². The summed E-state index contributed by atoms with van der Waals surface area (Å²) in [7, 11) is 1.57. The highest BCUT2D eigenvalue weighted by atomic mass is 79.9. The van der Waals surface area contributed by atoms with Crippen LogP contribution in [0.3, 0.4) is 0 Å². The molecule has 0 spiro atoms. The first-order chi connectivity index (χ1) is 8.20. The van der Waals surface area contributed by atoms with Gasteiger partial charge in [-0.25, -0.2) is 4.98 Å². The van der Waals surface area contributed by atoms with Crippen molar-refractivity contribution in [2.75, 3.05) is 12.8 Å². The van der Waals surface area contributed by atoms with Crippen molar-refractivity contribution in [3.8, 4) is 17.4 Å². The van der Waals surface area contributed by atoms with Gasteiger partial charge >= 0.3 is 0 Å². The number of nitrogens with zero attached hydrogens (tertiary/aromatic N) is 1. The quantitative estimate of drug-likeness (QED) is 0.883. The molecule has 2 aromatic rings. The van der Waals surface area contributed by atoms with Crippen LogP contribution in [0.4, 0.5) is 5.69 Å². The Morgan fingerprint density at radius 3 is 2.76 bits per heavy atom. The number of halogens is 1. The summed E-state index contributed by atoms with van der Waals surface area (Å²) < 4.78 is 11.5. The van der Waals surface area contributed by atoms with Gasteiger partial charge in [-0.3, -0.25) is 0 Å². The van der Waals surface area contributed by atoms with Crippen LogP contribution in [0, 0.1) is 0 Å². The van der Waals surface area contributed by atoms with Crippen molar-refractivity contribution >= 4 is 21.6 Å². The number of hydrogen-bond acceptors (Lipinski definition) is 4. The number of nitrogen functional groups attached to an aromatic ring is 1. The molecule has 1 aromatic heterocycles. The number of nitrogens with two attached hydrogens (primary N) is 1. The molecule has 0 bridgehead atoms. The highest BCUT2D eigenvalue weighted by Gasteiger charge is 2.05. The second kappa shape index (κ2) is 5.05. The van der Waals surface area contributed by atoms with Gasteiger partial charge < -0.3 is 15.2 Å². The van der Waals surface area contributed by atoms with Gasteiger partial charge in [0.25, 0.3) is 0 Å². The minimum Gasteiger partial charge on any atom is -0.495 e. The Morgan fingerprint density at radius 1 is 1.29 bits per heavy atom. The van der Waals surface area contributed by atoms with E-state index in [2.05, 4.69) is 20.9 Å². The summed E-state index contributed by atoms with van der Waals surface area (Å²) in [6.07, 6.45) is 1.66. The van der Waals surface area contributed by atoms with Crippen molar-refractivity contribution in [3.63, 3.8) is 0 Å². The molecular weight excluding hydrogens is 284 g/mol. The van der Waals surface area contributed by atoms with Crippen LogP contribution in [0.25, 0.3) is 0 Å². The lowest BCUT2D eigenvalue weighted by Gasteiger charge is -2.09. The minimum absolute atomic E-state index is 0.497. The van der Waals surface area contributed by atoms with Crippen molar-refractivity contribution in [3.05, 3.63) is 41.0 Å². The van der Waals surface area contributed by atoms with Gasteiger partial charge in [0.1, 0.15) is 11.5 Å². The Balaban J connectivity index is 2.25. The van der Waals surface area contributed by atoms with E-state index in [4.69, 9.17) is 15.2 Å². The summed E-state index contributed by atoms with van der Waals surface area (Å²) in [6, 6.07) is 8.90. The Morgan fingerprint density at radius 2 is 2.12 bits per heavy atom. The highest BCUT2D eigenvalue weighted by molar-refractivity contribution is 9.10. The molecule has 88 valence electrons. The van der Waals surface area contributed by atoms with Crippen molar-refractivity contribution in [2.24, 2.45) is 0 Å². The lowest BCUT2D eigenvalue weighted by molar-refractivity contribution is 0.414. The van der Waals surface area contributed by atoms with Gasteiger partial charge in [0.05, 0.1) is 17.3 Å². The normalized spacial score (nSPS) is 10.0. The van der Waals surface area contributed by atoms with Crippen LogP contribution in [-0.4, -0.2) is 12.1 Å². The molecule has 1 heterocycles. The summed E-state index contributed by atoms with van der Waals surface area (Å²) in [6.45, 7) is 0. The Kier molecular flexibility index (Phi) is 3.49. The molecule has 17 heavy (non-hydrogen) atoms. The lowest BCUT2D eigenvalue weighted by Crippen LogP contribution is -1.94. The van der Waals surface area contributed by atoms with Crippen LogP contribution in [0.15, 0.2) is 41.0 Å². The summed E-state index contributed by atoms with van der Waals surface area (Å²) in [5.74, 6) is 1.73. The molecule has 5 heteroatoms. The van der Waals surface area contributed by atoms with Crippen LogP contribution in [0.5, 0.6) is 17.4 Å². The van der Waals surface area contributed by atoms with Gasteiger partial charge in [-0.2, -0.15) is 0 Å². The van der Waals surface area contributed by atoms with Crippen LogP contribution in [0.1, 0.15) is 0 Å². The number of ether oxygens (including phenoxy) is 2. The first-order valence-electron chi connectivity index (χ1n) is 4.92. The molecule has 0 amide bonds. The molecule has 0 aliphatic rings. The van der Waals surface area contributed by atoms with Crippen molar-refractivity contribution in [1.82, 2.24) is 4.98 Å². The molecule has 2 N–H and O–H groups in total. The molecule has 0 fully saturated rings. The second-order valence-corrected chi connectivity index (χ2v) is 4.15. The van der Waals surface area contributed by atoms with Crippen LogP contribution < -0.4 is 15.2 Å². The summed E-state index contributed by atoms with van der Waals surface area (Å²) in [5, 5.41) is 0. The molecule has 0 radical (unpaired) electrons. The van der Waals surface area contributed by atoms with E-state index in [1.54, 1.807) is 31.5 Å². The van der Waals surface area contributed by atoms with Crippen LogP contribution in [0.2, 0.25) is 0 Å². The molecular formula is C12H11BrN2O2. The zero-order valence-electron chi connectivity index (χ0n) is 9.18. The average Bonchev–Trinajstić information content (AvgIpc) is 2.32. The maximum atomic E-state index is 5.79. The van der Waals surface area contributed by atoms with E-state index in [-0.39, 0.29) is 0 Å². The van der Waals surface area contributed by atoms with Gasteiger partial charge in [0.2, 0.25) is 5.88 Å². The van der Waals surface area contributed by atoms with Crippen molar-refractivity contribution in [2.45, 2.75) is 0 Å². The molecule has 4 nitrogen and oxygen atoms in total. The Hall–Kier alpha value is -1.75. The largest absolute Gasteiger partial charge is 0.495 e. The number of anilines is 1. The second-order valence-electron chi connectivity index (χ2n) is 3.30. The maximum Gasteiger partial charge on any atom is 0.233 e. The van der Waals surface area contributed by atoms with Gasteiger partial charge in [-0.15, -0.1) is 0 Å². The fraction of sp³-hybridized carbons (Fsp3) is 0.0833. The molecule has 0 unspecified atom stereocenters. The van der Waals surface area contributed by atoms with Gasteiger partial charge in [0.15, 0.2) is 0 Å². The Bertz CT molecular complexity index is 532. The van der Waals surface area contributed by atoms with E-state index in [1.165, 1.54) is 0 Å². The maximum absolute atomic E-state index is 5.79. The molecule has 1 aromatic carbocycles. The van der Waals surface area contributed by atoms with E-state index in [9.17, 15) is 0 Å². The van der Waals surface area contributed by atoms with E-state index in [0.717, 1.165) is 4.47 Å². The fourth-order valence-electron chi connectivity index (χ4n) is 1.33. The predicted octanol–water partition coefficient (Wildman–Crippen LogP) is 3.23. The highest BCUT2D eigenvalue weighted by Crippen LogP contribution is 2.31. The topological polar surface area (TPSA) is 57.4 Å². The SMILES string of the molecule is COc1ccc(Oc2ncccc2Br)cc1N. The molecule has 0 saturated carbocycles. The number of methoxy groups -OCH3 is 1. The van der Waals surface area contributed by atoms with E-state index >= 15 is 0 Å². The average molecular weight is 295 g/mol. The number of benzene rings is 1. The third kappa shape index (κ3) is 2.68. The van der Waals surface area contributed by atoms with Gasteiger partial charge in [-0.1, -0.05) is 0 Å². The molecule has 2 rings (SSSR count). The zero-order valence-corrected chi connectivity index (χ0v) is 10.8. The standard InChI is InChI=1S/C12H11BrN2O2/c1-16-11-5-4-8(7-10(11)14)17-12-9(13)3-2-6-15-12/h2-7H,14H2,1H3. The third-order valence-electron chi connectivity index (χ3n) is 2.14.